The van der Waals surface area contributed by atoms with Crippen LogP contribution in [0.1, 0.15) is 12.0 Å². The molecule has 1 aliphatic heterocycles. The van der Waals surface area contributed by atoms with Crippen molar-refractivity contribution in [1.29, 1.82) is 0 Å². The van der Waals surface area contributed by atoms with Crippen LogP contribution in [0.15, 0.2) is 29.4 Å². The van der Waals surface area contributed by atoms with Crippen molar-refractivity contribution in [2.75, 3.05) is 0 Å². The molecule has 1 atom stereocenters. The number of halogens is 3. The maximum absolute atomic E-state index is 12.6. The van der Waals surface area contributed by atoms with Crippen molar-refractivity contribution < 1.29 is 28.2 Å². The number of nitrogens with zero attached hydrogens (tertiary/aromatic N) is 1. The van der Waals surface area contributed by atoms with Gasteiger partial charge in [0.05, 0.1) is 12.1 Å². The molecule has 0 fully saturated rings. The standard InChI is InChI=1S/C10H8F3NO3/c11-10(12,13)9(15)5-7(14-16)6-3-1-2-4-8(6)17-9/h1-4,15-16H,5H2. The normalized spacial score (nSPS) is 26.5. The lowest BCUT2D eigenvalue weighted by molar-refractivity contribution is -0.333. The molecule has 0 spiro atoms. The molecule has 17 heavy (non-hydrogen) atoms. The van der Waals surface area contributed by atoms with Crippen molar-refractivity contribution in [3.05, 3.63) is 29.8 Å². The third-order valence-electron chi connectivity index (χ3n) is 2.45. The first-order chi connectivity index (χ1) is 7.87. The van der Waals surface area contributed by atoms with Gasteiger partial charge in [-0.15, -0.1) is 0 Å². The van der Waals surface area contributed by atoms with Gasteiger partial charge >= 0.3 is 12.0 Å². The van der Waals surface area contributed by atoms with Gasteiger partial charge in [0.25, 0.3) is 0 Å². The van der Waals surface area contributed by atoms with Gasteiger partial charge in [-0.2, -0.15) is 13.2 Å². The van der Waals surface area contributed by atoms with Crippen LogP contribution in [-0.2, 0) is 0 Å². The van der Waals surface area contributed by atoms with Crippen LogP contribution >= 0.6 is 0 Å². The summed E-state index contributed by atoms with van der Waals surface area (Å²) >= 11 is 0. The Kier molecular flexibility index (Phi) is 2.50. The van der Waals surface area contributed by atoms with E-state index in [1.165, 1.54) is 18.2 Å². The molecule has 0 radical (unpaired) electrons. The van der Waals surface area contributed by atoms with Crippen LogP contribution < -0.4 is 4.74 Å². The highest BCUT2D eigenvalue weighted by Gasteiger charge is 2.59. The van der Waals surface area contributed by atoms with Crippen molar-refractivity contribution in [1.82, 2.24) is 0 Å². The fourth-order valence-corrected chi connectivity index (χ4v) is 1.58. The van der Waals surface area contributed by atoms with Crippen LogP contribution in [0.2, 0.25) is 0 Å². The van der Waals surface area contributed by atoms with Crippen molar-refractivity contribution in [3.63, 3.8) is 0 Å². The van der Waals surface area contributed by atoms with Gasteiger partial charge in [-0.1, -0.05) is 17.3 Å². The average molecular weight is 247 g/mol. The van der Waals surface area contributed by atoms with Crippen LogP contribution in [-0.4, -0.2) is 28.0 Å². The van der Waals surface area contributed by atoms with E-state index < -0.39 is 18.4 Å². The number of fused-ring (bicyclic) bond motifs is 1. The number of aliphatic hydroxyl groups is 1. The molecule has 0 bridgehead atoms. The number of hydrogen-bond donors (Lipinski definition) is 2. The third-order valence-corrected chi connectivity index (χ3v) is 2.45. The summed E-state index contributed by atoms with van der Waals surface area (Å²) in [5, 5.41) is 20.9. The molecule has 0 saturated carbocycles. The molecule has 2 N–H and O–H groups in total. The van der Waals surface area contributed by atoms with E-state index in [9.17, 15) is 18.3 Å². The Balaban J connectivity index is 2.51. The van der Waals surface area contributed by atoms with E-state index in [1.54, 1.807) is 6.07 Å². The first kappa shape index (κ1) is 11.7. The Morgan fingerprint density at radius 1 is 1.29 bits per heavy atom. The summed E-state index contributed by atoms with van der Waals surface area (Å²) in [4.78, 5) is 0. The molecule has 0 saturated heterocycles. The highest BCUT2D eigenvalue weighted by atomic mass is 19.4. The molecule has 1 aliphatic rings. The highest BCUT2D eigenvalue weighted by Crippen LogP contribution is 2.41. The molecule has 1 heterocycles. The van der Waals surface area contributed by atoms with E-state index in [-0.39, 0.29) is 17.0 Å². The first-order valence-corrected chi connectivity index (χ1v) is 4.66. The smallest absolute Gasteiger partial charge is 0.452 e. The summed E-state index contributed by atoms with van der Waals surface area (Å²) in [6.07, 6.45) is -5.93. The van der Waals surface area contributed by atoms with Gasteiger partial charge in [0.15, 0.2) is 0 Å². The van der Waals surface area contributed by atoms with Crippen molar-refractivity contribution >= 4 is 5.71 Å². The third kappa shape index (κ3) is 1.82. The van der Waals surface area contributed by atoms with E-state index >= 15 is 0 Å². The topological polar surface area (TPSA) is 62.1 Å². The fraction of sp³-hybridized carbons (Fsp3) is 0.300. The van der Waals surface area contributed by atoms with Crippen molar-refractivity contribution in [3.8, 4) is 5.75 Å². The summed E-state index contributed by atoms with van der Waals surface area (Å²) in [5.41, 5.74) is -0.0457. The Morgan fingerprint density at radius 3 is 2.53 bits per heavy atom. The Morgan fingerprint density at radius 2 is 1.94 bits per heavy atom. The first-order valence-electron chi connectivity index (χ1n) is 4.66. The average Bonchev–Trinajstić information content (AvgIpc) is 2.26. The van der Waals surface area contributed by atoms with E-state index in [1.807, 2.05) is 0 Å². The van der Waals surface area contributed by atoms with E-state index in [4.69, 9.17) is 5.21 Å². The maximum atomic E-state index is 12.6. The molecule has 1 aromatic rings. The zero-order valence-corrected chi connectivity index (χ0v) is 8.40. The number of rotatable bonds is 0. The van der Waals surface area contributed by atoms with Crippen LogP contribution in [0.3, 0.4) is 0 Å². The summed E-state index contributed by atoms with van der Waals surface area (Å²) in [6, 6.07) is 5.72. The second-order valence-electron chi connectivity index (χ2n) is 3.60. The molecule has 7 heteroatoms. The number of oxime groups is 1. The van der Waals surface area contributed by atoms with Gasteiger partial charge in [0.2, 0.25) is 0 Å². The van der Waals surface area contributed by atoms with Crippen molar-refractivity contribution in [2.24, 2.45) is 5.16 Å². The summed E-state index contributed by atoms with van der Waals surface area (Å²) in [5.74, 6) is -3.53. The largest absolute Gasteiger partial charge is 0.455 e. The van der Waals surface area contributed by atoms with Crippen LogP contribution in [0.25, 0.3) is 0 Å². The van der Waals surface area contributed by atoms with Crippen LogP contribution in [0.5, 0.6) is 5.75 Å². The van der Waals surface area contributed by atoms with Gasteiger partial charge in [-0.3, -0.25) is 0 Å². The van der Waals surface area contributed by atoms with Gasteiger partial charge in [-0.25, -0.2) is 0 Å². The highest BCUT2D eigenvalue weighted by molar-refractivity contribution is 6.03. The molecule has 1 unspecified atom stereocenters. The maximum Gasteiger partial charge on any atom is 0.455 e. The lowest BCUT2D eigenvalue weighted by atomic mass is 9.97. The molecule has 0 aliphatic carbocycles. The number of para-hydroxylation sites is 1. The molecule has 0 aromatic heterocycles. The number of ether oxygens (including phenoxy) is 1. The van der Waals surface area contributed by atoms with Gasteiger partial charge in [0.1, 0.15) is 5.75 Å². The fourth-order valence-electron chi connectivity index (χ4n) is 1.58. The molecular weight excluding hydrogens is 239 g/mol. The minimum Gasteiger partial charge on any atom is -0.452 e. The molecule has 1 aromatic carbocycles. The Bertz CT molecular complexity index is 472. The van der Waals surface area contributed by atoms with E-state index in [0.717, 1.165) is 0 Å². The van der Waals surface area contributed by atoms with Crippen LogP contribution in [0.4, 0.5) is 13.2 Å². The van der Waals surface area contributed by atoms with E-state index in [2.05, 4.69) is 9.89 Å². The number of hydrogen-bond acceptors (Lipinski definition) is 4. The van der Waals surface area contributed by atoms with Gasteiger partial charge in [-0.05, 0) is 12.1 Å². The summed E-state index contributed by atoms with van der Waals surface area (Å²) in [7, 11) is 0. The molecule has 0 amide bonds. The molecule has 2 rings (SSSR count). The zero-order chi connectivity index (χ0) is 12.7. The summed E-state index contributed by atoms with van der Waals surface area (Å²) < 4.78 is 42.4. The zero-order valence-electron chi connectivity index (χ0n) is 8.40. The quantitative estimate of drug-likeness (QED) is 0.543. The molecule has 92 valence electrons. The number of benzene rings is 1. The van der Waals surface area contributed by atoms with Crippen LogP contribution in [0, 0.1) is 0 Å². The predicted molar refractivity (Wildman–Crippen MR) is 51.0 cm³/mol. The monoisotopic (exact) mass is 247 g/mol. The lowest BCUT2D eigenvalue weighted by Crippen LogP contribution is -2.53. The lowest BCUT2D eigenvalue weighted by Gasteiger charge is -2.35. The molecule has 4 nitrogen and oxygen atoms in total. The van der Waals surface area contributed by atoms with Crippen molar-refractivity contribution in [2.45, 2.75) is 18.4 Å². The number of alkyl halides is 3. The van der Waals surface area contributed by atoms with Gasteiger partial charge < -0.3 is 15.1 Å². The Labute approximate surface area is 93.9 Å². The SMILES string of the molecule is ON=C1CC(O)(C(F)(F)F)Oc2ccccc21. The minimum absolute atomic E-state index is 0.175. The minimum atomic E-state index is -4.98. The second-order valence-corrected chi connectivity index (χ2v) is 3.60. The van der Waals surface area contributed by atoms with Gasteiger partial charge in [0, 0.05) is 5.56 Å². The summed E-state index contributed by atoms with van der Waals surface area (Å²) in [6.45, 7) is 0. The second kappa shape index (κ2) is 3.63. The van der Waals surface area contributed by atoms with E-state index in [0.29, 0.717) is 0 Å². The Hall–Kier alpha value is -1.76. The molecular formula is C10H8F3NO3. The predicted octanol–water partition coefficient (Wildman–Crippen LogP) is 1.90.